The van der Waals surface area contributed by atoms with Crippen LogP contribution in [0.15, 0.2) is 24.3 Å². The highest BCUT2D eigenvalue weighted by molar-refractivity contribution is 8.00. The number of hydrogen-bond acceptors (Lipinski definition) is 3. The Morgan fingerprint density at radius 1 is 1.13 bits per heavy atom. The van der Waals surface area contributed by atoms with E-state index < -0.39 is 0 Å². The number of hydrogen-bond donors (Lipinski definition) is 1. The van der Waals surface area contributed by atoms with E-state index in [2.05, 4.69) is 5.32 Å². The predicted octanol–water partition coefficient (Wildman–Crippen LogP) is 3.82. The fourth-order valence-corrected chi connectivity index (χ4v) is 4.39. The summed E-state index contributed by atoms with van der Waals surface area (Å²) in [5.41, 5.74) is 1.72. The molecule has 2 aliphatic rings. The first-order valence-electron chi connectivity index (χ1n) is 8.54. The van der Waals surface area contributed by atoms with Crippen molar-refractivity contribution >= 4 is 35.0 Å². The molecule has 0 bridgehead atoms. The van der Waals surface area contributed by atoms with Crippen molar-refractivity contribution in [3.63, 3.8) is 0 Å². The summed E-state index contributed by atoms with van der Waals surface area (Å²) in [6, 6.07) is 7.58. The Morgan fingerprint density at radius 2 is 1.87 bits per heavy atom. The van der Waals surface area contributed by atoms with Gasteiger partial charge in [0.05, 0.1) is 5.75 Å². The van der Waals surface area contributed by atoms with E-state index in [1.807, 2.05) is 29.2 Å². The molecule has 1 saturated heterocycles. The Balaban J connectivity index is 1.47. The van der Waals surface area contributed by atoms with Crippen LogP contribution in [0, 0.1) is 0 Å². The van der Waals surface area contributed by atoms with Gasteiger partial charge in [-0.15, -0.1) is 11.8 Å². The van der Waals surface area contributed by atoms with Crippen LogP contribution in [0.1, 0.15) is 44.9 Å². The van der Waals surface area contributed by atoms with Crippen LogP contribution in [0.5, 0.6) is 0 Å². The van der Waals surface area contributed by atoms with E-state index in [9.17, 15) is 9.59 Å². The Kier molecular flexibility index (Phi) is 5.60. The van der Waals surface area contributed by atoms with Gasteiger partial charge in [-0.25, -0.2) is 0 Å². The third kappa shape index (κ3) is 4.50. The molecular formula is C18H24N2O2S. The summed E-state index contributed by atoms with van der Waals surface area (Å²) < 4.78 is 0. The smallest absolute Gasteiger partial charge is 0.234 e. The summed E-state index contributed by atoms with van der Waals surface area (Å²) in [7, 11) is 0. The van der Waals surface area contributed by atoms with E-state index >= 15 is 0 Å². The first kappa shape index (κ1) is 16.4. The number of benzene rings is 1. The van der Waals surface area contributed by atoms with Gasteiger partial charge < -0.3 is 10.2 Å². The standard InChI is InChI=1S/C18H24N2O2S/c21-17(13-23-16-5-2-1-3-6-16)19-14-8-10-15(11-9-14)20-12-4-7-18(20)22/h8-11,16H,1-7,12-13H2,(H,19,21). The lowest BCUT2D eigenvalue weighted by Crippen LogP contribution is -2.23. The number of nitrogens with zero attached hydrogens (tertiary/aromatic N) is 1. The summed E-state index contributed by atoms with van der Waals surface area (Å²) in [5, 5.41) is 3.60. The van der Waals surface area contributed by atoms with Crippen molar-refractivity contribution in [3.05, 3.63) is 24.3 Å². The van der Waals surface area contributed by atoms with Crippen molar-refractivity contribution < 1.29 is 9.59 Å². The lowest BCUT2D eigenvalue weighted by molar-refractivity contribution is -0.117. The number of rotatable bonds is 5. The third-order valence-electron chi connectivity index (χ3n) is 4.54. The number of carbonyl (C=O) groups excluding carboxylic acids is 2. The van der Waals surface area contributed by atoms with Crippen molar-refractivity contribution in [1.82, 2.24) is 0 Å². The van der Waals surface area contributed by atoms with E-state index in [0.717, 1.165) is 24.3 Å². The second-order valence-electron chi connectivity index (χ2n) is 6.32. The number of anilines is 2. The van der Waals surface area contributed by atoms with Crippen LogP contribution in [-0.2, 0) is 9.59 Å². The first-order chi connectivity index (χ1) is 11.2. The van der Waals surface area contributed by atoms with Gasteiger partial charge >= 0.3 is 0 Å². The molecule has 0 unspecified atom stereocenters. The third-order valence-corrected chi connectivity index (χ3v) is 5.91. The maximum atomic E-state index is 12.1. The van der Waals surface area contributed by atoms with Crippen molar-refractivity contribution in [3.8, 4) is 0 Å². The number of amides is 2. The molecule has 3 rings (SSSR count). The van der Waals surface area contributed by atoms with Gasteiger partial charge in [0.25, 0.3) is 0 Å². The number of carbonyl (C=O) groups is 2. The highest BCUT2D eigenvalue weighted by Crippen LogP contribution is 2.28. The summed E-state index contributed by atoms with van der Waals surface area (Å²) in [6.45, 7) is 0.794. The molecule has 5 heteroatoms. The van der Waals surface area contributed by atoms with Crippen LogP contribution in [-0.4, -0.2) is 29.4 Å². The molecule has 1 aromatic carbocycles. The summed E-state index contributed by atoms with van der Waals surface area (Å²) in [5.74, 6) is 0.771. The van der Waals surface area contributed by atoms with Crippen molar-refractivity contribution in [1.29, 1.82) is 0 Å². The molecule has 0 radical (unpaired) electrons. The Bertz CT molecular complexity index is 553. The minimum Gasteiger partial charge on any atom is -0.325 e. The van der Waals surface area contributed by atoms with E-state index in [0.29, 0.717) is 17.4 Å². The molecule has 1 aromatic rings. The summed E-state index contributed by atoms with van der Waals surface area (Å²) in [4.78, 5) is 25.6. The molecule has 2 fully saturated rings. The van der Waals surface area contributed by atoms with E-state index in [4.69, 9.17) is 0 Å². The maximum absolute atomic E-state index is 12.1. The molecular weight excluding hydrogens is 308 g/mol. The van der Waals surface area contributed by atoms with Gasteiger partial charge in [-0.2, -0.15) is 0 Å². The zero-order chi connectivity index (χ0) is 16.1. The maximum Gasteiger partial charge on any atom is 0.234 e. The van der Waals surface area contributed by atoms with Gasteiger partial charge in [0.1, 0.15) is 0 Å². The van der Waals surface area contributed by atoms with E-state index in [-0.39, 0.29) is 11.8 Å². The molecule has 1 saturated carbocycles. The van der Waals surface area contributed by atoms with Crippen LogP contribution >= 0.6 is 11.8 Å². The van der Waals surface area contributed by atoms with Crippen molar-refractivity contribution in [2.45, 2.75) is 50.2 Å². The van der Waals surface area contributed by atoms with Crippen LogP contribution in [0.2, 0.25) is 0 Å². The van der Waals surface area contributed by atoms with E-state index in [1.54, 1.807) is 11.8 Å². The lowest BCUT2D eigenvalue weighted by Gasteiger charge is -2.20. The highest BCUT2D eigenvalue weighted by atomic mass is 32.2. The molecule has 1 aliphatic carbocycles. The lowest BCUT2D eigenvalue weighted by atomic mass is 10.0. The Hall–Kier alpha value is -1.49. The Morgan fingerprint density at radius 3 is 2.52 bits per heavy atom. The number of thioether (sulfide) groups is 1. The molecule has 2 amide bonds. The molecule has 1 aliphatic heterocycles. The molecule has 4 nitrogen and oxygen atoms in total. The van der Waals surface area contributed by atoms with Crippen LogP contribution in [0.25, 0.3) is 0 Å². The first-order valence-corrected chi connectivity index (χ1v) is 9.59. The van der Waals surface area contributed by atoms with Gasteiger partial charge in [0.2, 0.25) is 11.8 Å². The van der Waals surface area contributed by atoms with Crippen LogP contribution < -0.4 is 10.2 Å². The molecule has 0 aromatic heterocycles. The van der Waals surface area contributed by atoms with Gasteiger partial charge in [-0.3, -0.25) is 9.59 Å². The topological polar surface area (TPSA) is 49.4 Å². The number of nitrogens with one attached hydrogen (secondary N) is 1. The predicted molar refractivity (Wildman–Crippen MR) is 96.0 cm³/mol. The second-order valence-corrected chi connectivity index (χ2v) is 7.60. The summed E-state index contributed by atoms with van der Waals surface area (Å²) in [6.07, 6.45) is 8.00. The minimum absolute atomic E-state index is 0.0607. The van der Waals surface area contributed by atoms with Crippen molar-refractivity contribution in [2.75, 3.05) is 22.5 Å². The Labute approximate surface area is 142 Å². The summed E-state index contributed by atoms with van der Waals surface area (Å²) >= 11 is 1.78. The second kappa shape index (κ2) is 7.86. The highest BCUT2D eigenvalue weighted by Gasteiger charge is 2.21. The van der Waals surface area contributed by atoms with Gasteiger partial charge in [-0.1, -0.05) is 19.3 Å². The monoisotopic (exact) mass is 332 g/mol. The average Bonchev–Trinajstić information content (AvgIpc) is 3.01. The van der Waals surface area contributed by atoms with Crippen molar-refractivity contribution in [2.24, 2.45) is 0 Å². The van der Waals surface area contributed by atoms with E-state index in [1.165, 1.54) is 32.1 Å². The quantitative estimate of drug-likeness (QED) is 0.892. The normalized spacial score (nSPS) is 19.1. The molecule has 0 spiro atoms. The largest absolute Gasteiger partial charge is 0.325 e. The van der Waals surface area contributed by atoms with Crippen LogP contribution in [0.3, 0.4) is 0 Å². The molecule has 1 N–H and O–H groups in total. The van der Waals surface area contributed by atoms with Crippen LogP contribution in [0.4, 0.5) is 11.4 Å². The van der Waals surface area contributed by atoms with Gasteiger partial charge in [0.15, 0.2) is 0 Å². The molecule has 0 atom stereocenters. The fourth-order valence-electron chi connectivity index (χ4n) is 3.27. The fraction of sp³-hybridized carbons (Fsp3) is 0.556. The SMILES string of the molecule is O=C(CSC1CCCCC1)Nc1ccc(N2CCCC2=O)cc1. The zero-order valence-electron chi connectivity index (χ0n) is 13.4. The zero-order valence-corrected chi connectivity index (χ0v) is 14.2. The van der Waals surface area contributed by atoms with Gasteiger partial charge in [-0.05, 0) is 43.5 Å². The molecule has 1 heterocycles. The minimum atomic E-state index is 0.0607. The molecule has 124 valence electrons. The van der Waals surface area contributed by atoms with Gasteiger partial charge in [0, 0.05) is 29.6 Å². The molecule has 23 heavy (non-hydrogen) atoms. The average molecular weight is 332 g/mol.